The van der Waals surface area contributed by atoms with Crippen molar-refractivity contribution in [2.24, 2.45) is 5.92 Å². The van der Waals surface area contributed by atoms with Crippen LogP contribution in [0.4, 0.5) is 5.69 Å². The van der Waals surface area contributed by atoms with Crippen LogP contribution in [0.1, 0.15) is 12.8 Å². The van der Waals surface area contributed by atoms with Crippen molar-refractivity contribution in [3.63, 3.8) is 0 Å². The van der Waals surface area contributed by atoms with Gasteiger partial charge in [0.2, 0.25) is 5.91 Å². The van der Waals surface area contributed by atoms with Gasteiger partial charge in [-0.2, -0.15) is 0 Å². The average molecular weight is 297 g/mol. The molecule has 1 heterocycles. The summed E-state index contributed by atoms with van der Waals surface area (Å²) in [6.07, 6.45) is 1.84. The molecular formula is C18H19NO3. The van der Waals surface area contributed by atoms with Gasteiger partial charge in [0.1, 0.15) is 11.5 Å². The fourth-order valence-corrected chi connectivity index (χ4v) is 2.42. The first kappa shape index (κ1) is 14.6. The third-order valence-electron chi connectivity index (χ3n) is 3.63. The van der Waals surface area contributed by atoms with Crippen molar-refractivity contribution < 1.29 is 14.3 Å². The Morgan fingerprint density at radius 1 is 1.05 bits per heavy atom. The van der Waals surface area contributed by atoms with E-state index in [9.17, 15) is 4.79 Å². The van der Waals surface area contributed by atoms with Gasteiger partial charge in [0.05, 0.1) is 12.5 Å². The van der Waals surface area contributed by atoms with Gasteiger partial charge in [-0.15, -0.1) is 0 Å². The fraction of sp³-hybridized carbons (Fsp3) is 0.278. The number of carbonyl (C=O) groups is 1. The van der Waals surface area contributed by atoms with Crippen molar-refractivity contribution >= 4 is 11.6 Å². The van der Waals surface area contributed by atoms with E-state index in [1.54, 1.807) is 0 Å². The Morgan fingerprint density at radius 3 is 2.45 bits per heavy atom. The van der Waals surface area contributed by atoms with E-state index in [1.165, 1.54) is 0 Å². The molecule has 3 rings (SSSR count). The van der Waals surface area contributed by atoms with E-state index in [2.05, 4.69) is 5.32 Å². The first-order valence-electron chi connectivity index (χ1n) is 7.53. The van der Waals surface area contributed by atoms with Crippen LogP contribution in [-0.4, -0.2) is 19.1 Å². The highest BCUT2D eigenvalue weighted by Gasteiger charge is 2.21. The highest BCUT2D eigenvalue weighted by atomic mass is 16.5. The summed E-state index contributed by atoms with van der Waals surface area (Å²) in [5.41, 5.74) is 0.774. The van der Waals surface area contributed by atoms with Crippen LogP contribution >= 0.6 is 0 Å². The maximum absolute atomic E-state index is 12.1. The van der Waals surface area contributed by atoms with E-state index in [-0.39, 0.29) is 11.8 Å². The standard InChI is InChI=1S/C18H19NO3/c20-18(14-5-4-12-21-13-14)19-15-8-10-17(11-9-15)22-16-6-2-1-3-7-16/h1-3,6-11,14H,4-5,12-13H2,(H,19,20). The fourth-order valence-electron chi connectivity index (χ4n) is 2.42. The van der Waals surface area contributed by atoms with Crippen molar-refractivity contribution in [1.29, 1.82) is 0 Å². The Bertz CT molecular complexity index is 604. The average Bonchev–Trinajstić information content (AvgIpc) is 2.58. The molecule has 0 bridgehead atoms. The van der Waals surface area contributed by atoms with E-state index >= 15 is 0 Å². The van der Waals surface area contributed by atoms with Crippen LogP contribution in [0.2, 0.25) is 0 Å². The quantitative estimate of drug-likeness (QED) is 0.932. The van der Waals surface area contributed by atoms with E-state index in [1.807, 2.05) is 54.6 Å². The highest BCUT2D eigenvalue weighted by Crippen LogP contribution is 2.23. The molecule has 1 atom stereocenters. The van der Waals surface area contributed by atoms with Crippen LogP contribution in [0.5, 0.6) is 11.5 Å². The molecule has 0 aliphatic carbocycles. The number of ether oxygens (including phenoxy) is 2. The molecule has 1 saturated heterocycles. The molecule has 1 N–H and O–H groups in total. The summed E-state index contributed by atoms with van der Waals surface area (Å²) in [5, 5.41) is 2.93. The van der Waals surface area contributed by atoms with Gasteiger partial charge in [-0.1, -0.05) is 18.2 Å². The van der Waals surface area contributed by atoms with Gasteiger partial charge in [0, 0.05) is 12.3 Å². The molecule has 1 aliphatic heterocycles. The van der Waals surface area contributed by atoms with Crippen LogP contribution in [0.25, 0.3) is 0 Å². The van der Waals surface area contributed by atoms with Gasteiger partial charge >= 0.3 is 0 Å². The highest BCUT2D eigenvalue weighted by molar-refractivity contribution is 5.92. The van der Waals surface area contributed by atoms with E-state index in [0.29, 0.717) is 6.61 Å². The number of rotatable bonds is 4. The maximum atomic E-state index is 12.1. The van der Waals surface area contributed by atoms with Gasteiger partial charge in [-0.25, -0.2) is 0 Å². The van der Waals surface area contributed by atoms with Gasteiger partial charge in [-0.05, 0) is 49.2 Å². The Kier molecular flexibility index (Phi) is 4.71. The van der Waals surface area contributed by atoms with Crippen LogP contribution in [0, 0.1) is 5.92 Å². The summed E-state index contributed by atoms with van der Waals surface area (Å²) < 4.78 is 11.1. The zero-order valence-corrected chi connectivity index (χ0v) is 12.3. The minimum absolute atomic E-state index is 0.0245. The predicted molar refractivity (Wildman–Crippen MR) is 85.1 cm³/mol. The monoisotopic (exact) mass is 297 g/mol. The zero-order chi connectivity index (χ0) is 15.2. The van der Waals surface area contributed by atoms with E-state index in [4.69, 9.17) is 9.47 Å². The van der Waals surface area contributed by atoms with Gasteiger partial charge in [0.25, 0.3) is 0 Å². The second-order valence-corrected chi connectivity index (χ2v) is 5.34. The van der Waals surface area contributed by atoms with Gasteiger partial charge in [0.15, 0.2) is 0 Å². The molecule has 22 heavy (non-hydrogen) atoms. The van der Waals surface area contributed by atoms with Crippen molar-refractivity contribution in [3.8, 4) is 11.5 Å². The summed E-state index contributed by atoms with van der Waals surface area (Å²) in [7, 11) is 0. The zero-order valence-electron chi connectivity index (χ0n) is 12.3. The molecule has 0 aromatic heterocycles. The summed E-state index contributed by atoms with van der Waals surface area (Å²) >= 11 is 0. The van der Waals surface area contributed by atoms with Crippen molar-refractivity contribution in [2.75, 3.05) is 18.5 Å². The number of benzene rings is 2. The minimum atomic E-state index is -0.0472. The van der Waals surface area contributed by atoms with Gasteiger partial charge < -0.3 is 14.8 Å². The summed E-state index contributed by atoms with van der Waals surface area (Å²) in [5.74, 6) is 1.51. The molecule has 0 radical (unpaired) electrons. The topological polar surface area (TPSA) is 47.6 Å². The predicted octanol–water partition coefficient (Wildman–Crippen LogP) is 3.84. The summed E-state index contributed by atoms with van der Waals surface area (Å²) in [6, 6.07) is 17.0. The number of amides is 1. The van der Waals surface area contributed by atoms with Crippen molar-refractivity contribution in [2.45, 2.75) is 12.8 Å². The molecule has 2 aromatic carbocycles. The number of hydrogen-bond acceptors (Lipinski definition) is 3. The molecule has 1 aliphatic rings. The Hall–Kier alpha value is -2.33. The molecule has 2 aromatic rings. The number of carbonyl (C=O) groups excluding carboxylic acids is 1. The number of hydrogen-bond donors (Lipinski definition) is 1. The summed E-state index contributed by atoms with van der Waals surface area (Å²) in [6.45, 7) is 1.27. The molecule has 4 nitrogen and oxygen atoms in total. The third-order valence-corrected chi connectivity index (χ3v) is 3.63. The maximum Gasteiger partial charge on any atom is 0.229 e. The lowest BCUT2D eigenvalue weighted by atomic mass is 10.0. The van der Waals surface area contributed by atoms with E-state index in [0.717, 1.165) is 36.6 Å². The van der Waals surface area contributed by atoms with Crippen molar-refractivity contribution in [1.82, 2.24) is 0 Å². The number of para-hydroxylation sites is 1. The Labute approximate surface area is 130 Å². The normalized spacial score (nSPS) is 17.7. The second-order valence-electron chi connectivity index (χ2n) is 5.34. The van der Waals surface area contributed by atoms with Crippen LogP contribution in [0.15, 0.2) is 54.6 Å². The minimum Gasteiger partial charge on any atom is -0.457 e. The van der Waals surface area contributed by atoms with Crippen LogP contribution in [-0.2, 0) is 9.53 Å². The van der Waals surface area contributed by atoms with Crippen LogP contribution < -0.4 is 10.1 Å². The SMILES string of the molecule is O=C(Nc1ccc(Oc2ccccc2)cc1)C1CCCOC1. The van der Waals surface area contributed by atoms with E-state index < -0.39 is 0 Å². The summed E-state index contributed by atoms with van der Waals surface area (Å²) in [4.78, 5) is 12.1. The number of nitrogens with one attached hydrogen (secondary N) is 1. The smallest absolute Gasteiger partial charge is 0.229 e. The molecule has 0 saturated carbocycles. The molecule has 1 amide bonds. The Morgan fingerprint density at radius 2 is 1.77 bits per heavy atom. The van der Waals surface area contributed by atoms with Crippen molar-refractivity contribution in [3.05, 3.63) is 54.6 Å². The first-order chi connectivity index (χ1) is 10.8. The second kappa shape index (κ2) is 7.09. The Balaban J connectivity index is 1.58. The molecule has 1 fully saturated rings. The lowest BCUT2D eigenvalue weighted by molar-refractivity contribution is -0.123. The molecule has 4 heteroatoms. The molecular weight excluding hydrogens is 278 g/mol. The number of anilines is 1. The molecule has 1 unspecified atom stereocenters. The third kappa shape index (κ3) is 3.86. The lowest BCUT2D eigenvalue weighted by Gasteiger charge is -2.21. The van der Waals surface area contributed by atoms with Gasteiger partial charge in [-0.3, -0.25) is 4.79 Å². The largest absolute Gasteiger partial charge is 0.457 e. The lowest BCUT2D eigenvalue weighted by Crippen LogP contribution is -2.30. The van der Waals surface area contributed by atoms with Crippen LogP contribution in [0.3, 0.4) is 0 Å². The first-order valence-corrected chi connectivity index (χ1v) is 7.53. The molecule has 0 spiro atoms. The molecule has 114 valence electrons.